The van der Waals surface area contributed by atoms with Gasteiger partial charge in [0, 0.05) is 9.17 Å². The number of hydrogen-bond acceptors (Lipinski definition) is 3. The van der Waals surface area contributed by atoms with Crippen molar-refractivity contribution < 1.29 is 4.92 Å². The first kappa shape index (κ1) is 9.61. The summed E-state index contributed by atoms with van der Waals surface area (Å²) in [5, 5.41) is 11.5. The maximum atomic E-state index is 10.8. The second-order valence-electron chi connectivity index (χ2n) is 2.90. The maximum absolute atomic E-state index is 10.8. The van der Waals surface area contributed by atoms with Crippen LogP contribution in [0.15, 0.2) is 22.7 Å². The minimum atomic E-state index is -0.319. The Labute approximate surface area is 92.6 Å². The Balaban J connectivity index is 2.86. The molecular weight excluding hydrogens is 266 g/mol. The lowest BCUT2D eigenvalue weighted by atomic mass is 10.2. The zero-order chi connectivity index (χ0) is 10.3. The number of hydrogen-bond donors (Lipinski definition) is 0. The van der Waals surface area contributed by atoms with E-state index in [1.54, 1.807) is 13.0 Å². The van der Waals surface area contributed by atoms with Crippen molar-refractivity contribution in [1.82, 2.24) is 0 Å². The third-order valence-electron chi connectivity index (χ3n) is 1.98. The summed E-state index contributed by atoms with van der Waals surface area (Å²) >= 11 is 4.76. The summed E-state index contributed by atoms with van der Waals surface area (Å²) in [6, 6.07) is 5.57. The normalized spacial score (nSPS) is 10.7. The molecule has 5 heteroatoms. The highest BCUT2D eigenvalue weighted by atomic mass is 79.9. The first-order valence-corrected chi connectivity index (χ1v) is 5.53. The van der Waals surface area contributed by atoms with Gasteiger partial charge in [-0.15, -0.1) is 11.3 Å². The molecule has 1 aromatic heterocycles. The average molecular weight is 272 g/mol. The van der Waals surface area contributed by atoms with Crippen LogP contribution in [0.5, 0.6) is 0 Å². The molecule has 0 unspecified atom stereocenters. The molecular formula is C9H6BrNO2S. The molecule has 14 heavy (non-hydrogen) atoms. The van der Waals surface area contributed by atoms with Crippen LogP contribution >= 0.6 is 27.3 Å². The van der Waals surface area contributed by atoms with E-state index in [1.165, 1.54) is 11.3 Å². The zero-order valence-electron chi connectivity index (χ0n) is 7.28. The van der Waals surface area contributed by atoms with Crippen molar-refractivity contribution in [2.24, 2.45) is 0 Å². The summed E-state index contributed by atoms with van der Waals surface area (Å²) in [7, 11) is 0. The van der Waals surface area contributed by atoms with Crippen LogP contribution in [0.2, 0.25) is 0 Å². The number of aryl methyl sites for hydroxylation is 1. The summed E-state index contributed by atoms with van der Waals surface area (Å²) < 4.78 is 1.82. The summed E-state index contributed by atoms with van der Waals surface area (Å²) in [6.45, 7) is 1.77. The first-order valence-electron chi connectivity index (χ1n) is 3.92. The summed E-state index contributed by atoms with van der Waals surface area (Å²) in [4.78, 5) is 11.2. The summed E-state index contributed by atoms with van der Waals surface area (Å²) in [6.07, 6.45) is 0. The van der Waals surface area contributed by atoms with Gasteiger partial charge in [-0.1, -0.05) is 15.9 Å². The minimum absolute atomic E-state index is 0.228. The van der Waals surface area contributed by atoms with E-state index in [2.05, 4.69) is 15.9 Å². The van der Waals surface area contributed by atoms with Gasteiger partial charge in [-0.3, -0.25) is 10.1 Å². The average Bonchev–Trinajstić information content (AvgIpc) is 2.40. The monoisotopic (exact) mass is 271 g/mol. The highest BCUT2D eigenvalue weighted by molar-refractivity contribution is 9.10. The van der Waals surface area contributed by atoms with Crippen molar-refractivity contribution in [3.63, 3.8) is 0 Å². The third kappa shape index (κ3) is 1.42. The lowest BCUT2D eigenvalue weighted by Gasteiger charge is -1.91. The second-order valence-corrected chi connectivity index (χ2v) is 5.08. The molecule has 3 nitrogen and oxygen atoms in total. The number of halogens is 1. The lowest BCUT2D eigenvalue weighted by molar-refractivity contribution is -0.383. The molecule has 2 aromatic rings. The fourth-order valence-corrected chi connectivity index (χ4v) is 2.78. The van der Waals surface area contributed by atoms with Crippen molar-refractivity contribution in [1.29, 1.82) is 0 Å². The number of benzene rings is 1. The van der Waals surface area contributed by atoms with Crippen molar-refractivity contribution in [2.45, 2.75) is 6.92 Å². The Morgan fingerprint density at radius 3 is 2.86 bits per heavy atom. The third-order valence-corrected chi connectivity index (χ3v) is 3.54. The van der Waals surface area contributed by atoms with Gasteiger partial charge in [0.1, 0.15) is 0 Å². The van der Waals surface area contributed by atoms with Gasteiger partial charge in [0.15, 0.2) is 0 Å². The van der Waals surface area contributed by atoms with E-state index < -0.39 is 0 Å². The minimum Gasteiger partial charge on any atom is -0.258 e. The van der Waals surface area contributed by atoms with Crippen molar-refractivity contribution in [2.75, 3.05) is 0 Å². The number of rotatable bonds is 1. The molecule has 0 aliphatic carbocycles. The smallest absolute Gasteiger partial charge is 0.258 e. The van der Waals surface area contributed by atoms with Crippen LogP contribution in [-0.2, 0) is 0 Å². The molecule has 0 bridgehead atoms. The van der Waals surface area contributed by atoms with E-state index in [-0.39, 0.29) is 10.6 Å². The van der Waals surface area contributed by atoms with Crippen LogP contribution in [0.3, 0.4) is 0 Å². The van der Waals surface area contributed by atoms with E-state index in [0.717, 1.165) is 14.0 Å². The first-order chi connectivity index (χ1) is 6.59. The molecule has 0 atom stereocenters. The molecule has 1 heterocycles. The van der Waals surface area contributed by atoms with Crippen LogP contribution in [0.25, 0.3) is 10.1 Å². The van der Waals surface area contributed by atoms with Gasteiger partial charge in [0.25, 0.3) is 5.69 Å². The van der Waals surface area contributed by atoms with Gasteiger partial charge in [0.2, 0.25) is 0 Å². The summed E-state index contributed by atoms with van der Waals surface area (Å²) in [5.74, 6) is 0. The van der Waals surface area contributed by atoms with Crippen LogP contribution < -0.4 is 0 Å². The van der Waals surface area contributed by atoms with E-state index in [0.29, 0.717) is 5.39 Å². The number of thiophene rings is 1. The Kier molecular flexibility index (Phi) is 2.28. The molecule has 0 fully saturated rings. The molecule has 1 aromatic carbocycles. The molecule has 2 rings (SSSR count). The predicted octanol–water partition coefficient (Wildman–Crippen LogP) is 3.88. The zero-order valence-corrected chi connectivity index (χ0v) is 9.68. The fourth-order valence-electron chi connectivity index (χ4n) is 1.41. The standard InChI is InChI=1S/C9H6BrNO2S/c1-5-9(11(12)13)7-4-6(10)2-3-8(7)14-5/h2-4H,1H3. The predicted molar refractivity (Wildman–Crippen MR) is 60.9 cm³/mol. The van der Waals surface area contributed by atoms with Crippen LogP contribution in [-0.4, -0.2) is 4.92 Å². The summed E-state index contributed by atoms with van der Waals surface area (Å²) in [5.41, 5.74) is 0.228. The molecule has 0 aliphatic rings. The molecule has 0 amide bonds. The topological polar surface area (TPSA) is 43.1 Å². The molecule has 0 N–H and O–H groups in total. The Morgan fingerprint density at radius 1 is 1.50 bits per heavy atom. The van der Waals surface area contributed by atoms with E-state index in [1.807, 2.05) is 12.1 Å². The Bertz CT molecular complexity index is 521. The number of nitro groups is 1. The second kappa shape index (κ2) is 3.33. The van der Waals surface area contributed by atoms with Gasteiger partial charge < -0.3 is 0 Å². The molecule has 0 aliphatic heterocycles. The number of fused-ring (bicyclic) bond motifs is 1. The largest absolute Gasteiger partial charge is 0.290 e. The highest BCUT2D eigenvalue weighted by Crippen LogP contribution is 2.37. The Morgan fingerprint density at radius 2 is 2.21 bits per heavy atom. The molecule has 72 valence electrons. The van der Waals surface area contributed by atoms with Gasteiger partial charge >= 0.3 is 0 Å². The maximum Gasteiger partial charge on any atom is 0.290 e. The van der Waals surface area contributed by atoms with Crippen molar-refractivity contribution in [3.05, 3.63) is 37.7 Å². The van der Waals surface area contributed by atoms with E-state index in [9.17, 15) is 10.1 Å². The fraction of sp³-hybridized carbons (Fsp3) is 0.111. The molecule has 0 radical (unpaired) electrons. The lowest BCUT2D eigenvalue weighted by Crippen LogP contribution is -1.87. The molecule has 0 saturated heterocycles. The van der Waals surface area contributed by atoms with Crippen LogP contribution in [0.1, 0.15) is 4.88 Å². The van der Waals surface area contributed by atoms with E-state index >= 15 is 0 Å². The molecule has 0 saturated carbocycles. The van der Waals surface area contributed by atoms with Gasteiger partial charge in [-0.25, -0.2) is 0 Å². The van der Waals surface area contributed by atoms with Gasteiger partial charge in [-0.2, -0.15) is 0 Å². The Hall–Kier alpha value is -0.940. The van der Waals surface area contributed by atoms with E-state index in [4.69, 9.17) is 0 Å². The van der Waals surface area contributed by atoms with Gasteiger partial charge in [-0.05, 0) is 25.1 Å². The van der Waals surface area contributed by atoms with Crippen LogP contribution in [0, 0.1) is 17.0 Å². The molecule has 0 spiro atoms. The van der Waals surface area contributed by atoms with Crippen LogP contribution in [0.4, 0.5) is 5.69 Å². The SMILES string of the molecule is Cc1sc2ccc(Br)cc2c1[N+](=O)[O-]. The highest BCUT2D eigenvalue weighted by Gasteiger charge is 2.18. The van der Waals surface area contributed by atoms with Gasteiger partial charge in [0.05, 0.1) is 15.2 Å². The van der Waals surface area contributed by atoms with Crippen molar-refractivity contribution >= 4 is 43.0 Å². The number of nitrogens with zero attached hydrogens (tertiary/aromatic N) is 1. The quantitative estimate of drug-likeness (QED) is 0.584. The van der Waals surface area contributed by atoms with Crippen molar-refractivity contribution in [3.8, 4) is 0 Å².